The van der Waals surface area contributed by atoms with E-state index in [4.69, 9.17) is 28.4 Å². The van der Waals surface area contributed by atoms with Crippen LogP contribution in [0.5, 0.6) is 0 Å². The number of allylic oxidation sites excluding steroid dienone is 2. The third kappa shape index (κ3) is 18.1. The molecule has 10 nitrogen and oxygen atoms in total. The number of carbonyl (C=O) groups is 3. The van der Waals surface area contributed by atoms with Crippen molar-refractivity contribution in [2.45, 2.75) is 72.1 Å². The summed E-state index contributed by atoms with van der Waals surface area (Å²) in [5.74, 6) is -0.630. The molecule has 0 heterocycles. The zero-order valence-corrected chi connectivity index (χ0v) is 22.0. The Kier molecular flexibility index (Phi) is 18.2. The number of Topliss-reactive ketones (excluding diaryl/α,β-unsaturated/α-hetero) is 2. The van der Waals surface area contributed by atoms with Gasteiger partial charge in [-0.1, -0.05) is 26.2 Å². The molecule has 0 spiro atoms. The zero-order valence-electron chi connectivity index (χ0n) is 21.1. The number of carbonyl (C=O) groups excluding carboxylic acids is 3. The first kappa shape index (κ1) is 33.1. The smallest absolute Gasteiger partial charge is 0.462 e. The zero-order chi connectivity index (χ0) is 26.7. The van der Waals surface area contributed by atoms with Crippen LogP contribution in [-0.2, 0) is 47.3 Å². The molecule has 0 fully saturated rings. The van der Waals surface area contributed by atoms with Crippen LogP contribution in [0.4, 0.5) is 0 Å². The van der Waals surface area contributed by atoms with Gasteiger partial charge in [-0.25, -0.2) is 19.1 Å². The number of ketones is 2. The largest absolute Gasteiger partial charge is 0.529 e. The number of hydrogen-bond donors (Lipinski definition) is 0. The fourth-order valence-electron chi connectivity index (χ4n) is 2.29. The standard InChI is InChI=1S/C24H39O10P/c1-19(2)22(25)13-11-16-30-33-35(28,34-31-17-12-14-23(26)20(3)4)32-18-10-8-7-9-15-29-24(27)21(5)6/h1,3,5,7-18H2,2,4,6H3. The number of esters is 1. The second-order valence-corrected chi connectivity index (χ2v) is 9.47. The summed E-state index contributed by atoms with van der Waals surface area (Å²) in [4.78, 5) is 44.2. The lowest BCUT2D eigenvalue weighted by Gasteiger charge is -2.16. The van der Waals surface area contributed by atoms with Crippen LogP contribution in [0.2, 0.25) is 0 Å². The molecule has 0 radical (unpaired) electrons. The average Bonchev–Trinajstić information content (AvgIpc) is 2.79. The highest BCUT2D eigenvalue weighted by molar-refractivity contribution is 7.48. The molecule has 0 atom stereocenters. The van der Waals surface area contributed by atoms with E-state index in [-0.39, 0.29) is 44.2 Å². The van der Waals surface area contributed by atoms with E-state index in [0.717, 1.165) is 12.8 Å². The predicted octanol–water partition coefficient (Wildman–Crippen LogP) is 5.54. The Morgan fingerprint density at radius 3 is 1.51 bits per heavy atom. The molecule has 200 valence electrons. The molecule has 0 bridgehead atoms. The van der Waals surface area contributed by atoms with E-state index in [0.29, 0.717) is 49.0 Å². The van der Waals surface area contributed by atoms with Gasteiger partial charge in [0.25, 0.3) is 0 Å². The van der Waals surface area contributed by atoms with Crippen LogP contribution in [0.1, 0.15) is 72.1 Å². The lowest BCUT2D eigenvalue weighted by Crippen LogP contribution is -2.07. The van der Waals surface area contributed by atoms with E-state index in [1.807, 2.05) is 0 Å². The Hall–Kier alpha value is -1.94. The van der Waals surface area contributed by atoms with Gasteiger partial charge in [0, 0.05) is 18.4 Å². The Morgan fingerprint density at radius 2 is 1.09 bits per heavy atom. The van der Waals surface area contributed by atoms with Crippen LogP contribution in [0, 0.1) is 0 Å². The van der Waals surface area contributed by atoms with E-state index in [1.54, 1.807) is 20.8 Å². The van der Waals surface area contributed by atoms with Crippen molar-refractivity contribution in [3.05, 3.63) is 36.5 Å². The third-order valence-electron chi connectivity index (χ3n) is 4.37. The van der Waals surface area contributed by atoms with Gasteiger partial charge in [-0.15, -0.1) is 9.35 Å². The molecule has 0 unspecified atom stereocenters. The minimum atomic E-state index is -4.20. The summed E-state index contributed by atoms with van der Waals surface area (Å²) in [5.41, 5.74) is 1.23. The minimum Gasteiger partial charge on any atom is -0.462 e. The van der Waals surface area contributed by atoms with Gasteiger partial charge in [-0.05, 0) is 64.0 Å². The van der Waals surface area contributed by atoms with Gasteiger partial charge in [0.15, 0.2) is 11.6 Å². The van der Waals surface area contributed by atoms with Crippen molar-refractivity contribution >= 4 is 25.4 Å². The Labute approximate surface area is 208 Å². The summed E-state index contributed by atoms with van der Waals surface area (Å²) in [6.07, 6.45) is 3.75. The van der Waals surface area contributed by atoms with Crippen LogP contribution in [-0.4, -0.2) is 44.0 Å². The first-order valence-corrected chi connectivity index (χ1v) is 13.0. The average molecular weight is 519 g/mol. The summed E-state index contributed by atoms with van der Waals surface area (Å²) < 4.78 is 32.7. The summed E-state index contributed by atoms with van der Waals surface area (Å²) >= 11 is 0. The maximum Gasteiger partial charge on any atom is 0.529 e. The quantitative estimate of drug-likeness (QED) is 0.0425. The minimum absolute atomic E-state index is 0.0221. The van der Waals surface area contributed by atoms with Crippen molar-refractivity contribution in [3.8, 4) is 0 Å². The van der Waals surface area contributed by atoms with Gasteiger partial charge in [0.05, 0.1) is 26.4 Å². The Bertz CT molecular complexity index is 734. The molecule has 0 aromatic carbocycles. The van der Waals surface area contributed by atoms with Gasteiger partial charge < -0.3 is 4.74 Å². The summed E-state index contributed by atoms with van der Waals surface area (Å²) in [5, 5.41) is 0. The molecule has 0 saturated carbocycles. The lowest BCUT2D eigenvalue weighted by molar-refractivity contribution is -0.282. The fourth-order valence-corrected chi connectivity index (χ4v) is 3.16. The molecule has 0 aromatic rings. The SMILES string of the molecule is C=C(C)C(=O)CCCOOP(=O)(OCCCCCCOC(=O)C(=C)C)OOCCCC(=O)C(=C)C. The summed E-state index contributed by atoms with van der Waals surface area (Å²) in [6.45, 7) is 15.8. The highest BCUT2D eigenvalue weighted by atomic mass is 31.2. The molecule has 0 aliphatic heterocycles. The molecule has 0 amide bonds. The second-order valence-electron chi connectivity index (χ2n) is 8.02. The van der Waals surface area contributed by atoms with Crippen molar-refractivity contribution in [3.63, 3.8) is 0 Å². The second kappa shape index (κ2) is 19.3. The van der Waals surface area contributed by atoms with E-state index < -0.39 is 13.8 Å². The number of phosphoric acid groups is 1. The topological polar surface area (TPSA) is 124 Å². The van der Waals surface area contributed by atoms with Crippen molar-refractivity contribution < 1.29 is 47.3 Å². The van der Waals surface area contributed by atoms with E-state index >= 15 is 0 Å². The fraction of sp³-hybridized carbons (Fsp3) is 0.625. The molecular weight excluding hydrogens is 479 g/mol. The van der Waals surface area contributed by atoms with Crippen LogP contribution in [0.15, 0.2) is 36.5 Å². The monoisotopic (exact) mass is 518 g/mol. The Morgan fingerprint density at radius 1 is 0.629 bits per heavy atom. The number of rotatable bonds is 23. The van der Waals surface area contributed by atoms with Crippen molar-refractivity contribution in [2.75, 3.05) is 26.4 Å². The number of hydrogen-bond acceptors (Lipinski definition) is 10. The summed E-state index contributed by atoms with van der Waals surface area (Å²) in [6, 6.07) is 0. The van der Waals surface area contributed by atoms with Crippen LogP contribution < -0.4 is 0 Å². The van der Waals surface area contributed by atoms with Gasteiger partial charge in [-0.2, -0.15) is 0 Å². The third-order valence-corrected chi connectivity index (χ3v) is 5.45. The van der Waals surface area contributed by atoms with Gasteiger partial charge in [0.1, 0.15) is 0 Å². The van der Waals surface area contributed by atoms with Gasteiger partial charge in [-0.3, -0.25) is 14.1 Å². The molecule has 0 rings (SSSR count). The molecule has 0 aliphatic rings. The maximum atomic E-state index is 12.8. The predicted molar refractivity (Wildman–Crippen MR) is 130 cm³/mol. The van der Waals surface area contributed by atoms with Crippen LogP contribution in [0.25, 0.3) is 0 Å². The first-order chi connectivity index (χ1) is 16.5. The molecular formula is C24H39O10P. The molecule has 0 N–H and O–H groups in total. The highest BCUT2D eigenvalue weighted by Crippen LogP contribution is 2.50. The first-order valence-electron chi connectivity index (χ1n) is 11.6. The maximum absolute atomic E-state index is 12.8. The normalized spacial score (nSPS) is 11.2. The molecule has 0 saturated heterocycles. The summed E-state index contributed by atoms with van der Waals surface area (Å²) in [7, 11) is -4.20. The van der Waals surface area contributed by atoms with Crippen molar-refractivity contribution in [1.82, 2.24) is 0 Å². The van der Waals surface area contributed by atoms with Crippen molar-refractivity contribution in [1.29, 1.82) is 0 Å². The molecule has 11 heteroatoms. The van der Waals surface area contributed by atoms with Crippen LogP contribution in [0.3, 0.4) is 0 Å². The van der Waals surface area contributed by atoms with E-state index in [9.17, 15) is 18.9 Å². The van der Waals surface area contributed by atoms with E-state index in [2.05, 4.69) is 19.7 Å². The lowest BCUT2D eigenvalue weighted by atomic mass is 10.1. The molecule has 35 heavy (non-hydrogen) atoms. The number of unbranched alkanes of at least 4 members (excludes halogenated alkanes) is 3. The Balaban J connectivity index is 4.36. The van der Waals surface area contributed by atoms with E-state index in [1.165, 1.54) is 0 Å². The van der Waals surface area contributed by atoms with Crippen LogP contribution >= 0.6 is 7.82 Å². The highest BCUT2D eigenvalue weighted by Gasteiger charge is 2.30. The van der Waals surface area contributed by atoms with Crippen molar-refractivity contribution in [2.24, 2.45) is 0 Å². The molecule has 0 aromatic heterocycles. The van der Waals surface area contributed by atoms with Gasteiger partial charge in [0.2, 0.25) is 0 Å². The van der Waals surface area contributed by atoms with Gasteiger partial charge >= 0.3 is 13.8 Å². The molecule has 0 aliphatic carbocycles. The number of ether oxygens (including phenoxy) is 1.